The van der Waals surface area contributed by atoms with Crippen LogP contribution in [0.1, 0.15) is 11.6 Å². The summed E-state index contributed by atoms with van der Waals surface area (Å²) in [5.74, 6) is -0.744. The van der Waals surface area contributed by atoms with E-state index in [9.17, 15) is 18.9 Å². The average Bonchev–Trinajstić information content (AvgIpc) is 2.16. The minimum absolute atomic E-state index is 0. The third kappa shape index (κ3) is 3.10. The molecule has 1 aromatic carbocycles. The summed E-state index contributed by atoms with van der Waals surface area (Å²) >= 11 is 0. The highest BCUT2D eigenvalue weighted by Crippen LogP contribution is 2.24. The first-order valence-electron chi connectivity index (χ1n) is 3.81. The van der Waals surface area contributed by atoms with E-state index in [1.807, 2.05) is 0 Å². The Morgan fingerprint density at radius 3 is 2.60 bits per heavy atom. The molecule has 1 rings (SSSR count). The fourth-order valence-corrected chi connectivity index (χ4v) is 1.07. The molecule has 0 saturated heterocycles. The molecule has 0 heterocycles. The van der Waals surface area contributed by atoms with Crippen molar-refractivity contribution in [1.29, 1.82) is 0 Å². The van der Waals surface area contributed by atoms with E-state index in [0.29, 0.717) is 0 Å². The van der Waals surface area contributed by atoms with Gasteiger partial charge in [-0.3, -0.25) is 10.1 Å². The van der Waals surface area contributed by atoms with Crippen LogP contribution in [0.25, 0.3) is 0 Å². The van der Waals surface area contributed by atoms with Gasteiger partial charge in [-0.1, -0.05) is 0 Å². The Hall–Kier alpha value is -1.27. The van der Waals surface area contributed by atoms with Crippen LogP contribution in [0.2, 0.25) is 0 Å². The van der Waals surface area contributed by atoms with Crippen molar-refractivity contribution in [3.05, 3.63) is 39.7 Å². The number of nitrogens with two attached hydrogens (primary N) is 1. The van der Waals surface area contributed by atoms with Crippen LogP contribution in [0.3, 0.4) is 0 Å². The van der Waals surface area contributed by atoms with Gasteiger partial charge in [0.25, 0.3) is 5.69 Å². The largest absolute Gasteiger partial charge is 0.322 e. The normalized spacial score (nSPS) is 11.7. The van der Waals surface area contributed by atoms with E-state index in [2.05, 4.69) is 0 Å². The number of alkyl halides is 1. The van der Waals surface area contributed by atoms with Crippen LogP contribution in [0.4, 0.5) is 14.5 Å². The summed E-state index contributed by atoms with van der Waals surface area (Å²) in [7, 11) is 0. The van der Waals surface area contributed by atoms with Gasteiger partial charge in [0, 0.05) is 5.56 Å². The fourth-order valence-electron chi connectivity index (χ4n) is 1.07. The molecule has 4 nitrogen and oxygen atoms in total. The number of halogens is 3. The Labute approximate surface area is 90.6 Å². The van der Waals surface area contributed by atoms with E-state index >= 15 is 0 Å². The Morgan fingerprint density at radius 1 is 1.53 bits per heavy atom. The predicted molar refractivity (Wildman–Crippen MR) is 53.2 cm³/mol. The molecule has 0 aliphatic carbocycles. The highest BCUT2D eigenvalue weighted by molar-refractivity contribution is 5.85. The lowest BCUT2D eigenvalue weighted by atomic mass is 10.1. The molecule has 0 radical (unpaired) electrons. The van der Waals surface area contributed by atoms with Crippen LogP contribution in [-0.4, -0.2) is 11.6 Å². The molecule has 15 heavy (non-hydrogen) atoms. The number of nitrogens with zero attached hydrogens (tertiary/aromatic N) is 1. The van der Waals surface area contributed by atoms with Crippen molar-refractivity contribution in [3.63, 3.8) is 0 Å². The highest BCUT2D eigenvalue weighted by Gasteiger charge is 2.19. The van der Waals surface area contributed by atoms with Gasteiger partial charge in [-0.2, -0.15) is 0 Å². The molecule has 2 N–H and O–H groups in total. The third-order valence-electron chi connectivity index (χ3n) is 1.75. The van der Waals surface area contributed by atoms with Gasteiger partial charge in [0.05, 0.1) is 17.0 Å². The molecular formula is C8H9ClF2N2O2. The van der Waals surface area contributed by atoms with Gasteiger partial charge in [-0.15, -0.1) is 12.4 Å². The molecule has 0 saturated carbocycles. The predicted octanol–water partition coefficient (Wildman–Crippen LogP) is 2.12. The average molecular weight is 239 g/mol. The van der Waals surface area contributed by atoms with Crippen molar-refractivity contribution in [2.45, 2.75) is 6.04 Å². The molecule has 0 unspecified atom stereocenters. The molecule has 84 valence electrons. The minimum Gasteiger partial charge on any atom is -0.322 e. The summed E-state index contributed by atoms with van der Waals surface area (Å²) in [6.45, 7) is -0.924. The van der Waals surface area contributed by atoms with Crippen molar-refractivity contribution in [3.8, 4) is 0 Å². The van der Waals surface area contributed by atoms with Crippen LogP contribution in [0.5, 0.6) is 0 Å². The molecule has 0 fully saturated rings. The molecule has 7 heteroatoms. The van der Waals surface area contributed by atoms with Crippen LogP contribution in [-0.2, 0) is 0 Å². The SMILES string of the molecule is Cl.N[C@H](CF)c1ccc(F)cc1[N+](=O)[O-]. The monoisotopic (exact) mass is 238 g/mol. The molecular weight excluding hydrogens is 230 g/mol. The molecule has 1 atom stereocenters. The van der Waals surface area contributed by atoms with E-state index in [4.69, 9.17) is 5.73 Å². The summed E-state index contributed by atoms with van der Waals surface area (Å²) in [4.78, 5) is 9.67. The molecule has 0 aromatic heterocycles. The van der Waals surface area contributed by atoms with Gasteiger partial charge in [-0.25, -0.2) is 8.78 Å². The summed E-state index contributed by atoms with van der Waals surface area (Å²) in [6.07, 6.45) is 0. The van der Waals surface area contributed by atoms with Crippen LogP contribution >= 0.6 is 12.4 Å². The van der Waals surface area contributed by atoms with Gasteiger partial charge in [0.15, 0.2) is 0 Å². The van der Waals surface area contributed by atoms with Crippen molar-refractivity contribution in [2.24, 2.45) is 5.73 Å². The molecule has 1 aromatic rings. The highest BCUT2D eigenvalue weighted by atomic mass is 35.5. The van der Waals surface area contributed by atoms with Crippen molar-refractivity contribution in [1.82, 2.24) is 0 Å². The fraction of sp³-hybridized carbons (Fsp3) is 0.250. The summed E-state index contributed by atoms with van der Waals surface area (Å²) in [6, 6.07) is 1.77. The lowest BCUT2D eigenvalue weighted by Gasteiger charge is -2.07. The molecule has 0 spiro atoms. The van der Waals surface area contributed by atoms with Crippen molar-refractivity contribution >= 4 is 18.1 Å². The minimum atomic E-state index is -1.09. The lowest BCUT2D eigenvalue weighted by Crippen LogP contribution is -2.14. The second-order valence-corrected chi connectivity index (χ2v) is 2.72. The van der Waals surface area contributed by atoms with Gasteiger partial charge < -0.3 is 5.73 Å². The summed E-state index contributed by atoms with van der Waals surface area (Å²) in [5.41, 5.74) is 4.79. The van der Waals surface area contributed by atoms with Crippen molar-refractivity contribution in [2.75, 3.05) is 6.67 Å². The first-order chi connectivity index (χ1) is 6.56. The van der Waals surface area contributed by atoms with E-state index in [1.54, 1.807) is 0 Å². The Balaban J connectivity index is 0.00000196. The topological polar surface area (TPSA) is 69.2 Å². The van der Waals surface area contributed by atoms with Crippen LogP contribution < -0.4 is 5.73 Å². The van der Waals surface area contributed by atoms with E-state index in [0.717, 1.165) is 18.2 Å². The quantitative estimate of drug-likeness (QED) is 0.648. The molecule has 0 amide bonds. The standard InChI is InChI=1S/C8H8F2N2O2.ClH/c9-4-7(11)6-2-1-5(10)3-8(6)12(13)14;/h1-3,7H,4,11H2;1H/t7-;/m1./s1. The number of hydrogen-bond acceptors (Lipinski definition) is 3. The van der Waals surface area contributed by atoms with Crippen LogP contribution in [0.15, 0.2) is 18.2 Å². The first kappa shape index (κ1) is 13.7. The number of nitro benzene ring substituents is 1. The second-order valence-electron chi connectivity index (χ2n) is 2.72. The number of hydrogen-bond donors (Lipinski definition) is 1. The zero-order valence-corrected chi connectivity index (χ0v) is 8.34. The van der Waals surface area contributed by atoms with Gasteiger partial charge in [0.2, 0.25) is 0 Å². The van der Waals surface area contributed by atoms with Gasteiger partial charge in [0.1, 0.15) is 12.5 Å². The molecule has 0 aliphatic rings. The zero-order chi connectivity index (χ0) is 10.7. The number of rotatable bonds is 3. The Bertz CT molecular complexity index is 362. The maximum Gasteiger partial charge on any atom is 0.277 e. The second kappa shape index (κ2) is 5.57. The maximum absolute atomic E-state index is 12.6. The first-order valence-corrected chi connectivity index (χ1v) is 3.81. The number of benzene rings is 1. The van der Waals surface area contributed by atoms with E-state index < -0.39 is 29.1 Å². The Kier molecular flexibility index (Phi) is 5.10. The number of nitro groups is 1. The van der Waals surface area contributed by atoms with E-state index in [-0.39, 0.29) is 18.0 Å². The molecule has 0 aliphatic heterocycles. The smallest absolute Gasteiger partial charge is 0.277 e. The third-order valence-corrected chi connectivity index (χ3v) is 1.75. The Morgan fingerprint density at radius 2 is 2.13 bits per heavy atom. The molecule has 0 bridgehead atoms. The van der Waals surface area contributed by atoms with Crippen LogP contribution in [0, 0.1) is 15.9 Å². The maximum atomic E-state index is 12.6. The summed E-state index contributed by atoms with van der Waals surface area (Å²) in [5, 5.41) is 10.5. The summed E-state index contributed by atoms with van der Waals surface area (Å²) < 4.78 is 24.8. The van der Waals surface area contributed by atoms with Crippen molar-refractivity contribution < 1.29 is 13.7 Å². The van der Waals surface area contributed by atoms with Gasteiger partial charge >= 0.3 is 0 Å². The van der Waals surface area contributed by atoms with Gasteiger partial charge in [-0.05, 0) is 12.1 Å². The lowest BCUT2D eigenvalue weighted by molar-refractivity contribution is -0.385. The van der Waals surface area contributed by atoms with E-state index in [1.165, 1.54) is 0 Å². The zero-order valence-electron chi connectivity index (χ0n) is 7.52.